The van der Waals surface area contributed by atoms with E-state index in [0.29, 0.717) is 0 Å². The van der Waals surface area contributed by atoms with Crippen LogP contribution in [0.25, 0.3) is 0 Å². The van der Waals surface area contributed by atoms with Crippen LogP contribution in [0.5, 0.6) is 0 Å². The number of thiophene rings is 1. The zero-order valence-corrected chi connectivity index (χ0v) is 11.8. The molecule has 0 saturated carbocycles. The summed E-state index contributed by atoms with van der Waals surface area (Å²) in [6.45, 7) is 2.16. The molecule has 0 fully saturated rings. The summed E-state index contributed by atoms with van der Waals surface area (Å²) in [6, 6.07) is 4.68. The van der Waals surface area contributed by atoms with E-state index in [1.807, 2.05) is 29.7 Å². The highest BCUT2D eigenvalue weighted by atomic mass is 32.1. The lowest BCUT2D eigenvalue weighted by molar-refractivity contribution is 0.694. The summed E-state index contributed by atoms with van der Waals surface area (Å²) in [5.74, 6) is 0. The quantitative estimate of drug-likeness (QED) is 0.920. The molecule has 0 radical (unpaired) electrons. The highest BCUT2D eigenvalue weighted by Gasteiger charge is 2.22. The monoisotopic (exact) mass is 264 g/mol. The fraction of sp³-hybridized carbons (Fsp3) is 0.462. The van der Waals surface area contributed by atoms with Crippen LogP contribution in [0.3, 0.4) is 0 Å². The molecule has 90 valence electrons. The molecule has 0 amide bonds. The van der Waals surface area contributed by atoms with Crippen molar-refractivity contribution in [3.63, 3.8) is 0 Å². The van der Waals surface area contributed by atoms with Crippen LogP contribution < -0.4 is 5.32 Å². The van der Waals surface area contributed by atoms with Crippen LogP contribution in [0, 0.1) is 6.92 Å². The van der Waals surface area contributed by atoms with Crippen LogP contribution in [-0.2, 0) is 12.8 Å². The second-order valence-corrected chi connectivity index (χ2v) is 6.88. The van der Waals surface area contributed by atoms with Gasteiger partial charge in [-0.3, -0.25) is 0 Å². The summed E-state index contributed by atoms with van der Waals surface area (Å²) in [4.78, 5) is 9.06. The van der Waals surface area contributed by atoms with Crippen LogP contribution in [-0.4, -0.2) is 12.0 Å². The maximum atomic E-state index is 4.81. The fourth-order valence-electron chi connectivity index (χ4n) is 2.33. The Kier molecular flexibility index (Phi) is 3.03. The molecule has 2 aromatic rings. The van der Waals surface area contributed by atoms with E-state index in [1.54, 1.807) is 0 Å². The van der Waals surface area contributed by atoms with Crippen molar-refractivity contribution >= 4 is 22.7 Å². The molecule has 0 saturated heterocycles. The highest BCUT2D eigenvalue weighted by Crippen LogP contribution is 2.35. The molecular weight excluding hydrogens is 248 g/mol. The summed E-state index contributed by atoms with van der Waals surface area (Å²) >= 11 is 3.75. The molecule has 2 aromatic heterocycles. The SMILES string of the molecule is CNC(c1ccc(C)s1)c1nc2c(s1)CCC2. The van der Waals surface area contributed by atoms with Crippen LogP contribution in [0.4, 0.5) is 0 Å². The molecule has 1 aliphatic carbocycles. The van der Waals surface area contributed by atoms with Gasteiger partial charge in [-0.2, -0.15) is 0 Å². The Morgan fingerprint density at radius 3 is 2.82 bits per heavy atom. The summed E-state index contributed by atoms with van der Waals surface area (Å²) < 4.78 is 0. The van der Waals surface area contributed by atoms with E-state index in [4.69, 9.17) is 4.98 Å². The normalized spacial score (nSPS) is 16.1. The average molecular weight is 264 g/mol. The van der Waals surface area contributed by atoms with Crippen molar-refractivity contribution < 1.29 is 0 Å². The van der Waals surface area contributed by atoms with Crippen LogP contribution >= 0.6 is 22.7 Å². The first-order chi connectivity index (χ1) is 8.28. The Labute approximate surface area is 110 Å². The third-order valence-electron chi connectivity index (χ3n) is 3.19. The summed E-state index contributed by atoms with van der Waals surface area (Å²) in [6.07, 6.45) is 3.69. The maximum absolute atomic E-state index is 4.81. The Bertz CT molecular complexity index is 506. The fourth-order valence-corrected chi connectivity index (χ4v) is 4.68. The Hall–Kier alpha value is -0.710. The van der Waals surface area contributed by atoms with E-state index < -0.39 is 0 Å². The molecule has 2 heterocycles. The second-order valence-electron chi connectivity index (χ2n) is 4.45. The number of hydrogen-bond donors (Lipinski definition) is 1. The number of thiazole rings is 1. The summed E-state index contributed by atoms with van der Waals surface area (Å²) in [5, 5.41) is 4.63. The van der Waals surface area contributed by atoms with Crippen molar-refractivity contribution in [2.75, 3.05) is 7.05 Å². The van der Waals surface area contributed by atoms with Gasteiger partial charge in [0, 0.05) is 14.6 Å². The lowest BCUT2D eigenvalue weighted by Crippen LogP contribution is -2.16. The third-order valence-corrected chi connectivity index (χ3v) is 5.48. The molecule has 3 rings (SSSR count). The minimum absolute atomic E-state index is 0.282. The first-order valence-corrected chi connectivity index (χ1v) is 7.63. The molecule has 0 aromatic carbocycles. The number of rotatable bonds is 3. The number of aromatic nitrogens is 1. The van der Waals surface area contributed by atoms with E-state index in [9.17, 15) is 0 Å². The number of aryl methyl sites for hydroxylation is 3. The zero-order valence-electron chi connectivity index (χ0n) is 10.1. The van der Waals surface area contributed by atoms with Crippen LogP contribution in [0.15, 0.2) is 12.1 Å². The lowest BCUT2D eigenvalue weighted by Gasteiger charge is -2.11. The Morgan fingerprint density at radius 2 is 2.18 bits per heavy atom. The van der Waals surface area contributed by atoms with Gasteiger partial charge in [0.05, 0.1) is 11.7 Å². The van der Waals surface area contributed by atoms with E-state index in [1.165, 1.54) is 44.6 Å². The summed E-state index contributed by atoms with van der Waals surface area (Å²) in [5.41, 5.74) is 1.35. The lowest BCUT2D eigenvalue weighted by atomic mass is 10.2. The van der Waals surface area contributed by atoms with Gasteiger partial charge in [0.25, 0.3) is 0 Å². The van der Waals surface area contributed by atoms with Crippen molar-refractivity contribution in [2.24, 2.45) is 0 Å². The molecule has 1 N–H and O–H groups in total. The van der Waals surface area contributed by atoms with Crippen molar-refractivity contribution in [3.05, 3.63) is 37.5 Å². The Balaban J connectivity index is 1.94. The third kappa shape index (κ3) is 2.05. The molecular formula is C13H16N2S2. The number of fused-ring (bicyclic) bond motifs is 1. The first-order valence-electron chi connectivity index (χ1n) is 6.00. The molecule has 17 heavy (non-hydrogen) atoms. The van der Waals surface area contributed by atoms with E-state index in [-0.39, 0.29) is 6.04 Å². The molecule has 0 aliphatic heterocycles. The van der Waals surface area contributed by atoms with Gasteiger partial charge >= 0.3 is 0 Å². The highest BCUT2D eigenvalue weighted by molar-refractivity contribution is 7.13. The van der Waals surface area contributed by atoms with Crippen molar-refractivity contribution in [1.29, 1.82) is 0 Å². The predicted octanol–water partition coefficient (Wildman–Crippen LogP) is 3.31. The van der Waals surface area contributed by atoms with Gasteiger partial charge in [-0.15, -0.1) is 22.7 Å². The minimum Gasteiger partial charge on any atom is -0.307 e. The Morgan fingerprint density at radius 1 is 1.29 bits per heavy atom. The van der Waals surface area contributed by atoms with Crippen molar-refractivity contribution in [1.82, 2.24) is 10.3 Å². The average Bonchev–Trinajstić information content (AvgIpc) is 2.95. The first kappa shape index (κ1) is 11.4. The van der Waals surface area contributed by atoms with Crippen molar-refractivity contribution in [3.8, 4) is 0 Å². The molecule has 4 heteroatoms. The minimum atomic E-state index is 0.282. The molecule has 0 spiro atoms. The largest absolute Gasteiger partial charge is 0.307 e. The van der Waals surface area contributed by atoms with Gasteiger partial charge in [0.1, 0.15) is 5.01 Å². The standard InChI is InChI=1S/C13H16N2S2/c1-8-6-7-11(16-8)12(14-2)13-15-9-4-3-5-10(9)17-13/h6-7,12,14H,3-5H2,1-2H3. The van der Waals surface area contributed by atoms with Gasteiger partial charge in [-0.05, 0) is 45.4 Å². The smallest absolute Gasteiger partial charge is 0.115 e. The van der Waals surface area contributed by atoms with Gasteiger partial charge in [-0.1, -0.05) is 0 Å². The van der Waals surface area contributed by atoms with Crippen LogP contribution in [0.1, 0.15) is 37.8 Å². The van der Waals surface area contributed by atoms with Gasteiger partial charge in [-0.25, -0.2) is 4.98 Å². The molecule has 1 unspecified atom stereocenters. The maximum Gasteiger partial charge on any atom is 0.115 e. The number of hydrogen-bond acceptors (Lipinski definition) is 4. The van der Waals surface area contributed by atoms with Gasteiger partial charge in [0.15, 0.2) is 0 Å². The second kappa shape index (κ2) is 4.52. The van der Waals surface area contributed by atoms with Crippen molar-refractivity contribution in [2.45, 2.75) is 32.2 Å². The van der Waals surface area contributed by atoms with Gasteiger partial charge < -0.3 is 5.32 Å². The van der Waals surface area contributed by atoms with E-state index in [2.05, 4.69) is 24.4 Å². The van der Waals surface area contributed by atoms with Gasteiger partial charge in [0.2, 0.25) is 0 Å². The predicted molar refractivity (Wildman–Crippen MR) is 74.1 cm³/mol. The number of nitrogens with one attached hydrogen (secondary N) is 1. The topological polar surface area (TPSA) is 24.9 Å². The summed E-state index contributed by atoms with van der Waals surface area (Å²) in [7, 11) is 2.02. The molecule has 0 bridgehead atoms. The van der Waals surface area contributed by atoms with E-state index >= 15 is 0 Å². The molecule has 1 atom stereocenters. The molecule has 1 aliphatic rings. The zero-order chi connectivity index (χ0) is 11.8. The van der Waals surface area contributed by atoms with E-state index in [0.717, 1.165) is 0 Å². The van der Waals surface area contributed by atoms with Crippen LogP contribution in [0.2, 0.25) is 0 Å². The number of nitrogens with zero attached hydrogens (tertiary/aromatic N) is 1. The molecule has 2 nitrogen and oxygen atoms in total.